The van der Waals surface area contributed by atoms with Gasteiger partial charge in [-0.3, -0.25) is 9.78 Å². The van der Waals surface area contributed by atoms with Gasteiger partial charge in [-0.05, 0) is 26.7 Å². The number of unbranched alkanes of at least 4 members (excludes halogenated alkanes) is 1. The number of carbonyl (C=O) groups excluding carboxylic acids is 1. The highest BCUT2D eigenvalue weighted by molar-refractivity contribution is 5.78. The number of hydrogen-bond acceptors (Lipinski definition) is 5. The Balaban J connectivity index is 1.94. The van der Waals surface area contributed by atoms with Crippen molar-refractivity contribution in [3.05, 3.63) is 66.9 Å². The number of hydrogen-bond donors (Lipinski definition) is 0. The zero-order chi connectivity index (χ0) is 20.5. The highest BCUT2D eigenvalue weighted by Crippen LogP contribution is 2.30. The molecule has 0 fully saturated rings. The summed E-state index contributed by atoms with van der Waals surface area (Å²) in [6.07, 6.45) is 3.59. The third kappa shape index (κ3) is 5.41. The summed E-state index contributed by atoms with van der Waals surface area (Å²) in [6.45, 7) is 6.07. The summed E-state index contributed by atoms with van der Waals surface area (Å²) in [7, 11) is 0. The summed E-state index contributed by atoms with van der Waals surface area (Å²) in [5, 5.41) is 0. The molecule has 0 unspecified atom stereocenters. The van der Waals surface area contributed by atoms with Crippen molar-refractivity contribution in [2.45, 2.75) is 32.7 Å². The number of ether oxygens (including phenoxy) is 1. The molecule has 5 heteroatoms. The Labute approximate surface area is 172 Å². The number of anilines is 1. The van der Waals surface area contributed by atoms with E-state index in [1.165, 1.54) is 0 Å². The van der Waals surface area contributed by atoms with Crippen molar-refractivity contribution >= 4 is 12.3 Å². The second-order valence-corrected chi connectivity index (χ2v) is 7.12. The smallest absolute Gasteiger partial charge is 0.293 e. The van der Waals surface area contributed by atoms with E-state index in [0.717, 1.165) is 47.7 Å². The van der Waals surface area contributed by atoms with Crippen LogP contribution in [0.1, 0.15) is 26.7 Å². The van der Waals surface area contributed by atoms with E-state index in [0.29, 0.717) is 13.1 Å². The van der Waals surface area contributed by atoms with E-state index in [1.807, 2.05) is 42.6 Å². The van der Waals surface area contributed by atoms with Crippen LogP contribution in [0, 0.1) is 0 Å². The predicted octanol–water partition coefficient (Wildman–Crippen LogP) is 4.98. The summed E-state index contributed by atoms with van der Waals surface area (Å²) in [4.78, 5) is 22.4. The van der Waals surface area contributed by atoms with Gasteiger partial charge in [0.25, 0.3) is 6.47 Å². The molecule has 0 saturated heterocycles. The molecule has 3 aromatic rings. The molecule has 1 heterocycles. The Bertz CT molecular complexity index is 899. The molecule has 0 aliphatic heterocycles. The fraction of sp³-hybridized carbons (Fsp3) is 0.292. The van der Waals surface area contributed by atoms with Crippen LogP contribution in [-0.4, -0.2) is 35.6 Å². The van der Waals surface area contributed by atoms with Crippen LogP contribution < -0.4 is 4.90 Å². The molecule has 0 aliphatic carbocycles. The molecule has 0 atom stereocenters. The van der Waals surface area contributed by atoms with Crippen molar-refractivity contribution in [1.29, 1.82) is 0 Å². The molecule has 5 nitrogen and oxygen atoms in total. The summed E-state index contributed by atoms with van der Waals surface area (Å²) in [6, 6.07) is 20.6. The van der Waals surface area contributed by atoms with Crippen LogP contribution in [0.25, 0.3) is 22.5 Å². The van der Waals surface area contributed by atoms with Crippen LogP contribution in [0.15, 0.2) is 66.9 Å². The molecule has 0 amide bonds. The Hall–Kier alpha value is -3.21. The highest BCUT2D eigenvalue weighted by atomic mass is 16.5. The average molecular weight is 389 g/mol. The summed E-state index contributed by atoms with van der Waals surface area (Å²) in [5.74, 6) is 0.856. The summed E-state index contributed by atoms with van der Waals surface area (Å²) < 4.78 is 4.80. The SMILES string of the molecule is CC(C)N(CCCCOC=O)c1cnc(-c2ccccc2)c(-c2ccccc2)n1. The highest BCUT2D eigenvalue weighted by Gasteiger charge is 2.17. The topological polar surface area (TPSA) is 55.3 Å². The maximum Gasteiger partial charge on any atom is 0.293 e. The van der Waals surface area contributed by atoms with Crippen molar-refractivity contribution in [1.82, 2.24) is 9.97 Å². The number of carbonyl (C=O) groups is 1. The van der Waals surface area contributed by atoms with Crippen LogP contribution in [0.2, 0.25) is 0 Å². The summed E-state index contributed by atoms with van der Waals surface area (Å²) >= 11 is 0. The second kappa shape index (κ2) is 10.4. The molecule has 0 radical (unpaired) electrons. The lowest BCUT2D eigenvalue weighted by Gasteiger charge is -2.28. The molecule has 150 valence electrons. The number of aromatic nitrogens is 2. The van der Waals surface area contributed by atoms with E-state index >= 15 is 0 Å². The maximum absolute atomic E-state index is 10.3. The van der Waals surface area contributed by atoms with Crippen LogP contribution in [0.5, 0.6) is 0 Å². The molecule has 29 heavy (non-hydrogen) atoms. The van der Waals surface area contributed by atoms with E-state index < -0.39 is 0 Å². The van der Waals surface area contributed by atoms with E-state index in [9.17, 15) is 4.79 Å². The first-order valence-electron chi connectivity index (χ1n) is 10.0. The second-order valence-electron chi connectivity index (χ2n) is 7.12. The Morgan fingerprint density at radius 2 is 1.55 bits per heavy atom. The van der Waals surface area contributed by atoms with Gasteiger partial charge in [0.05, 0.1) is 24.2 Å². The lowest BCUT2D eigenvalue weighted by molar-refractivity contribution is -0.128. The minimum absolute atomic E-state index is 0.280. The van der Waals surface area contributed by atoms with Crippen molar-refractivity contribution in [2.75, 3.05) is 18.1 Å². The molecule has 1 aromatic heterocycles. The van der Waals surface area contributed by atoms with E-state index in [1.54, 1.807) is 0 Å². The fourth-order valence-corrected chi connectivity index (χ4v) is 3.28. The summed E-state index contributed by atoms with van der Waals surface area (Å²) in [5.41, 5.74) is 3.85. The molecule has 0 N–H and O–H groups in total. The number of benzene rings is 2. The van der Waals surface area contributed by atoms with Crippen molar-refractivity contribution in [3.8, 4) is 22.5 Å². The standard InChI is InChI=1S/C24H27N3O2/c1-19(2)27(15-9-10-16-29-18-28)22-17-25-23(20-11-5-3-6-12-20)24(26-22)21-13-7-4-8-14-21/h3-8,11-14,17-19H,9-10,15-16H2,1-2H3. The third-order valence-electron chi connectivity index (χ3n) is 4.75. The van der Waals surface area contributed by atoms with Crippen LogP contribution in [-0.2, 0) is 9.53 Å². The molecule has 0 aliphatic rings. The minimum atomic E-state index is 0.280. The minimum Gasteiger partial charge on any atom is -0.468 e. The first-order chi connectivity index (χ1) is 14.2. The quantitative estimate of drug-likeness (QED) is 0.362. The zero-order valence-electron chi connectivity index (χ0n) is 17.0. The molecular weight excluding hydrogens is 362 g/mol. The van der Waals surface area contributed by atoms with Gasteiger partial charge in [0.15, 0.2) is 0 Å². The lowest BCUT2D eigenvalue weighted by atomic mass is 10.0. The molecule has 3 rings (SSSR count). The largest absolute Gasteiger partial charge is 0.468 e. The van der Waals surface area contributed by atoms with Gasteiger partial charge in [0.2, 0.25) is 0 Å². The van der Waals surface area contributed by atoms with E-state index in [-0.39, 0.29) is 6.04 Å². The third-order valence-corrected chi connectivity index (χ3v) is 4.75. The first-order valence-corrected chi connectivity index (χ1v) is 10.0. The van der Waals surface area contributed by atoms with Crippen LogP contribution >= 0.6 is 0 Å². The van der Waals surface area contributed by atoms with Gasteiger partial charge < -0.3 is 9.64 Å². The molecule has 0 saturated carbocycles. The first kappa shape index (κ1) is 20.5. The maximum atomic E-state index is 10.3. The molecule has 0 bridgehead atoms. The van der Waals surface area contributed by atoms with Gasteiger partial charge in [-0.2, -0.15) is 0 Å². The average Bonchev–Trinajstić information content (AvgIpc) is 2.77. The molecular formula is C24H27N3O2. The lowest BCUT2D eigenvalue weighted by Crippen LogP contribution is -2.33. The zero-order valence-corrected chi connectivity index (χ0v) is 17.0. The van der Waals surface area contributed by atoms with Crippen molar-refractivity contribution in [2.24, 2.45) is 0 Å². The van der Waals surface area contributed by atoms with Crippen LogP contribution in [0.4, 0.5) is 5.82 Å². The monoisotopic (exact) mass is 389 g/mol. The van der Waals surface area contributed by atoms with E-state index in [2.05, 4.69) is 43.0 Å². The molecule has 2 aromatic carbocycles. The van der Waals surface area contributed by atoms with Crippen molar-refractivity contribution in [3.63, 3.8) is 0 Å². The number of nitrogens with zero attached hydrogens (tertiary/aromatic N) is 3. The Morgan fingerprint density at radius 3 is 2.14 bits per heavy atom. The van der Waals surface area contributed by atoms with Gasteiger partial charge >= 0.3 is 0 Å². The molecule has 0 spiro atoms. The fourth-order valence-electron chi connectivity index (χ4n) is 3.28. The van der Waals surface area contributed by atoms with Gasteiger partial charge in [0.1, 0.15) is 5.82 Å². The van der Waals surface area contributed by atoms with Gasteiger partial charge in [0, 0.05) is 23.7 Å². The van der Waals surface area contributed by atoms with E-state index in [4.69, 9.17) is 14.7 Å². The van der Waals surface area contributed by atoms with Crippen molar-refractivity contribution < 1.29 is 9.53 Å². The Morgan fingerprint density at radius 1 is 0.931 bits per heavy atom. The van der Waals surface area contributed by atoms with Gasteiger partial charge in [-0.1, -0.05) is 60.7 Å². The van der Waals surface area contributed by atoms with Gasteiger partial charge in [-0.15, -0.1) is 0 Å². The van der Waals surface area contributed by atoms with Gasteiger partial charge in [-0.25, -0.2) is 4.98 Å². The predicted molar refractivity (Wildman–Crippen MR) is 117 cm³/mol. The normalized spacial score (nSPS) is 10.7. The number of rotatable bonds is 10. The van der Waals surface area contributed by atoms with Crippen LogP contribution in [0.3, 0.4) is 0 Å². The Kier molecular flexibility index (Phi) is 7.34.